The Hall–Kier alpha value is -1.83. The minimum absolute atomic E-state index is 0.173. The van der Waals surface area contributed by atoms with Crippen molar-refractivity contribution in [2.75, 3.05) is 5.32 Å². The summed E-state index contributed by atoms with van der Waals surface area (Å²) >= 11 is 0. The molecule has 0 unspecified atom stereocenters. The van der Waals surface area contributed by atoms with Crippen LogP contribution in [0.1, 0.15) is 30.0 Å². The van der Waals surface area contributed by atoms with Gasteiger partial charge in [-0.3, -0.25) is 0 Å². The van der Waals surface area contributed by atoms with E-state index in [1.807, 2.05) is 19.1 Å². The second-order valence-electron chi connectivity index (χ2n) is 4.83. The summed E-state index contributed by atoms with van der Waals surface area (Å²) in [6, 6.07) is 13.3. The monoisotopic (exact) mass is 257 g/mol. The van der Waals surface area contributed by atoms with E-state index in [1.54, 1.807) is 6.07 Å². The summed E-state index contributed by atoms with van der Waals surface area (Å²) in [6.45, 7) is 4.85. The Bertz CT molecular complexity index is 549. The van der Waals surface area contributed by atoms with E-state index in [4.69, 9.17) is 0 Å². The van der Waals surface area contributed by atoms with Gasteiger partial charge in [0.25, 0.3) is 0 Å². The lowest BCUT2D eigenvalue weighted by Gasteiger charge is -2.13. The number of rotatable bonds is 5. The number of hydrogen-bond donors (Lipinski definition) is 1. The third-order valence-electron chi connectivity index (χ3n) is 3.31. The Kier molecular flexibility index (Phi) is 4.56. The lowest BCUT2D eigenvalue weighted by molar-refractivity contribution is 0.625. The van der Waals surface area contributed by atoms with E-state index >= 15 is 0 Å². The van der Waals surface area contributed by atoms with Crippen LogP contribution in [0.3, 0.4) is 0 Å². The number of nitrogens with one attached hydrogen (secondary N) is 1. The Balaban J connectivity index is 2.10. The van der Waals surface area contributed by atoms with E-state index in [-0.39, 0.29) is 5.82 Å². The van der Waals surface area contributed by atoms with E-state index in [9.17, 15) is 4.39 Å². The molecule has 2 aromatic carbocycles. The maximum Gasteiger partial charge on any atom is 0.123 e. The first-order valence-corrected chi connectivity index (χ1v) is 6.77. The summed E-state index contributed by atoms with van der Waals surface area (Å²) in [5, 5.41) is 3.45. The molecule has 2 aromatic rings. The van der Waals surface area contributed by atoms with E-state index in [1.165, 1.54) is 17.3 Å². The predicted molar refractivity (Wildman–Crippen MR) is 78.9 cm³/mol. The van der Waals surface area contributed by atoms with Gasteiger partial charge in [-0.2, -0.15) is 0 Å². The number of aryl methyl sites for hydroxylation is 2. The molecule has 0 aromatic heterocycles. The highest BCUT2D eigenvalue weighted by Crippen LogP contribution is 2.19. The Morgan fingerprint density at radius 1 is 1.05 bits per heavy atom. The molecule has 0 spiro atoms. The molecule has 0 bridgehead atoms. The summed E-state index contributed by atoms with van der Waals surface area (Å²) in [5.74, 6) is -0.173. The molecule has 0 radical (unpaired) electrons. The van der Waals surface area contributed by atoms with Crippen LogP contribution in [-0.4, -0.2) is 0 Å². The smallest absolute Gasteiger partial charge is 0.123 e. The fourth-order valence-electron chi connectivity index (χ4n) is 2.23. The van der Waals surface area contributed by atoms with Crippen molar-refractivity contribution in [2.24, 2.45) is 0 Å². The number of halogens is 1. The molecule has 0 aliphatic rings. The third-order valence-corrected chi connectivity index (χ3v) is 3.31. The third kappa shape index (κ3) is 3.57. The molecule has 2 heteroatoms. The number of anilines is 1. The van der Waals surface area contributed by atoms with Crippen molar-refractivity contribution >= 4 is 5.69 Å². The molecule has 0 amide bonds. The van der Waals surface area contributed by atoms with Gasteiger partial charge in [-0.15, -0.1) is 0 Å². The maximum atomic E-state index is 13.1. The van der Waals surface area contributed by atoms with Gasteiger partial charge in [0.1, 0.15) is 5.82 Å². The Morgan fingerprint density at radius 3 is 2.58 bits per heavy atom. The van der Waals surface area contributed by atoms with Gasteiger partial charge < -0.3 is 5.32 Å². The van der Waals surface area contributed by atoms with E-state index in [0.29, 0.717) is 0 Å². The van der Waals surface area contributed by atoms with Gasteiger partial charge in [-0.1, -0.05) is 37.6 Å². The van der Waals surface area contributed by atoms with Crippen LogP contribution in [0.5, 0.6) is 0 Å². The number of para-hydroxylation sites is 1. The highest BCUT2D eigenvalue weighted by Gasteiger charge is 2.03. The first-order valence-electron chi connectivity index (χ1n) is 6.77. The van der Waals surface area contributed by atoms with Gasteiger partial charge in [0.15, 0.2) is 0 Å². The van der Waals surface area contributed by atoms with Gasteiger partial charge >= 0.3 is 0 Å². The van der Waals surface area contributed by atoms with Crippen LogP contribution in [0.15, 0.2) is 42.5 Å². The van der Waals surface area contributed by atoms with Crippen molar-refractivity contribution in [3.8, 4) is 0 Å². The normalized spacial score (nSPS) is 10.5. The lowest BCUT2D eigenvalue weighted by Crippen LogP contribution is -2.04. The van der Waals surface area contributed by atoms with Gasteiger partial charge in [-0.05, 0) is 48.2 Å². The van der Waals surface area contributed by atoms with Crippen molar-refractivity contribution in [1.82, 2.24) is 0 Å². The minimum atomic E-state index is -0.173. The maximum absolute atomic E-state index is 13.1. The second-order valence-corrected chi connectivity index (χ2v) is 4.83. The van der Waals surface area contributed by atoms with Gasteiger partial charge in [0, 0.05) is 12.2 Å². The quantitative estimate of drug-likeness (QED) is 0.818. The molecule has 1 nitrogen and oxygen atoms in total. The zero-order chi connectivity index (χ0) is 13.7. The SMILES string of the molecule is CCCc1ccccc1NCc1ccc(F)cc1C. The molecule has 0 atom stereocenters. The average molecular weight is 257 g/mol. The second kappa shape index (κ2) is 6.37. The molecule has 1 N–H and O–H groups in total. The number of benzene rings is 2. The van der Waals surface area contributed by atoms with Crippen LogP contribution in [-0.2, 0) is 13.0 Å². The molecule has 0 saturated heterocycles. The van der Waals surface area contributed by atoms with Crippen molar-refractivity contribution < 1.29 is 4.39 Å². The topological polar surface area (TPSA) is 12.0 Å². The van der Waals surface area contributed by atoms with Crippen molar-refractivity contribution in [2.45, 2.75) is 33.2 Å². The fraction of sp³-hybridized carbons (Fsp3) is 0.294. The summed E-state index contributed by atoms with van der Waals surface area (Å²) in [4.78, 5) is 0. The van der Waals surface area contributed by atoms with Crippen molar-refractivity contribution in [1.29, 1.82) is 0 Å². The van der Waals surface area contributed by atoms with Crippen LogP contribution in [0.2, 0.25) is 0 Å². The average Bonchev–Trinajstić information content (AvgIpc) is 2.40. The minimum Gasteiger partial charge on any atom is -0.381 e. The molecule has 0 aliphatic carbocycles. The highest BCUT2D eigenvalue weighted by molar-refractivity contribution is 5.51. The van der Waals surface area contributed by atoms with Crippen LogP contribution in [0, 0.1) is 12.7 Å². The van der Waals surface area contributed by atoms with E-state index in [2.05, 4.69) is 30.4 Å². The van der Waals surface area contributed by atoms with Gasteiger partial charge in [0.05, 0.1) is 0 Å². The van der Waals surface area contributed by atoms with E-state index < -0.39 is 0 Å². The molecule has 19 heavy (non-hydrogen) atoms. The van der Waals surface area contributed by atoms with Crippen LogP contribution >= 0.6 is 0 Å². The standard InChI is InChI=1S/C17H20FN/c1-3-6-14-7-4-5-8-17(14)19-12-15-9-10-16(18)11-13(15)2/h4-5,7-11,19H,3,6,12H2,1-2H3. The molecule has 0 heterocycles. The molecular formula is C17H20FN. The summed E-state index contributed by atoms with van der Waals surface area (Å²) < 4.78 is 13.1. The summed E-state index contributed by atoms with van der Waals surface area (Å²) in [6.07, 6.45) is 2.21. The molecule has 0 aliphatic heterocycles. The molecule has 100 valence electrons. The summed E-state index contributed by atoms with van der Waals surface area (Å²) in [5.41, 5.74) is 4.63. The van der Waals surface area contributed by atoms with Crippen molar-refractivity contribution in [3.63, 3.8) is 0 Å². The zero-order valence-corrected chi connectivity index (χ0v) is 11.5. The largest absolute Gasteiger partial charge is 0.381 e. The Labute approximate surface area is 114 Å². The highest BCUT2D eigenvalue weighted by atomic mass is 19.1. The van der Waals surface area contributed by atoms with Gasteiger partial charge in [0.2, 0.25) is 0 Å². The van der Waals surface area contributed by atoms with Crippen molar-refractivity contribution in [3.05, 3.63) is 65.0 Å². The van der Waals surface area contributed by atoms with Gasteiger partial charge in [-0.25, -0.2) is 4.39 Å². The van der Waals surface area contributed by atoms with Crippen LogP contribution < -0.4 is 5.32 Å². The zero-order valence-electron chi connectivity index (χ0n) is 11.5. The Morgan fingerprint density at radius 2 is 1.84 bits per heavy atom. The number of hydrogen-bond acceptors (Lipinski definition) is 1. The fourth-order valence-corrected chi connectivity index (χ4v) is 2.23. The summed E-state index contributed by atoms with van der Waals surface area (Å²) in [7, 11) is 0. The first kappa shape index (κ1) is 13.6. The predicted octanol–water partition coefficient (Wildman–Crippen LogP) is 4.70. The molecule has 0 saturated carbocycles. The molecule has 0 fully saturated rings. The van der Waals surface area contributed by atoms with E-state index in [0.717, 1.165) is 30.5 Å². The molecular weight excluding hydrogens is 237 g/mol. The van der Waals surface area contributed by atoms with Crippen LogP contribution in [0.4, 0.5) is 10.1 Å². The lowest BCUT2D eigenvalue weighted by atomic mass is 10.1. The molecule has 2 rings (SSSR count). The first-order chi connectivity index (χ1) is 9.20. The van der Waals surface area contributed by atoms with Crippen LogP contribution in [0.25, 0.3) is 0 Å².